The van der Waals surface area contributed by atoms with E-state index in [1.54, 1.807) is 0 Å². The van der Waals surface area contributed by atoms with Gasteiger partial charge in [0.05, 0.1) is 0 Å². The summed E-state index contributed by atoms with van der Waals surface area (Å²) in [5.41, 5.74) is 1.26. The Balaban J connectivity index is 2.43. The van der Waals surface area contributed by atoms with Crippen LogP contribution in [0.1, 0.15) is 12.0 Å². The minimum absolute atomic E-state index is 0.810. The molecular weight excluding hydrogens is 214 g/mol. The van der Waals surface area contributed by atoms with Crippen molar-refractivity contribution in [2.75, 3.05) is 19.3 Å². The zero-order chi connectivity index (χ0) is 10.4. The van der Waals surface area contributed by atoms with Crippen molar-refractivity contribution in [2.45, 2.75) is 13.0 Å². The minimum Gasteiger partial charge on any atom is -0.302 e. The molecule has 0 saturated carbocycles. The maximum atomic E-state index is 5.90. The molecule has 0 heterocycles. The van der Waals surface area contributed by atoms with Crippen LogP contribution in [0.5, 0.6) is 0 Å². The standard InChI is InChI=1S/C11H16ClNS/c1-13(6-3-7-14)9-10-4-2-5-11(12)8-10/h2,4-5,8,14H,3,6-7,9H2,1H3. The summed E-state index contributed by atoms with van der Waals surface area (Å²) in [4.78, 5) is 2.28. The lowest BCUT2D eigenvalue weighted by molar-refractivity contribution is 0.329. The number of thiol groups is 1. The Hall–Kier alpha value is -0.180. The molecule has 0 bridgehead atoms. The van der Waals surface area contributed by atoms with E-state index in [0.29, 0.717) is 0 Å². The highest BCUT2D eigenvalue weighted by Gasteiger charge is 1.99. The molecule has 3 heteroatoms. The molecule has 0 fully saturated rings. The van der Waals surface area contributed by atoms with Gasteiger partial charge in [-0.15, -0.1) is 0 Å². The van der Waals surface area contributed by atoms with E-state index in [-0.39, 0.29) is 0 Å². The number of rotatable bonds is 5. The van der Waals surface area contributed by atoms with E-state index in [1.165, 1.54) is 5.56 Å². The fourth-order valence-corrected chi connectivity index (χ4v) is 1.72. The first-order chi connectivity index (χ1) is 6.72. The molecule has 0 aromatic heterocycles. The Kier molecular flexibility index (Phi) is 5.38. The lowest BCUT2D eigenvalue weighted by atomic mass is 10.2. The van der Waals surface area contributed by atoms with Gasteiger partial charge < -0.3 is 4.90 Å². The molecule has 0 spiro atoms. The third-order valence-electron chi connectivity index (χ3n) is 2.04. The Morgan fingerprint density at radius 3 is 2.86 bits per heavy atom. The number of hydrogen-bond donors (Lipinski definition) is 1. The van der Waals surface area contributed by atoms with Crippen molar-refractivity contribution in [1.29, 1.82) is 0 Å². The second-order valence-electron chi connectivity index (χ2n) is 3.44. The predicted molar refractivity (Wildman–Crippen MR) is 66.3 cm³/mol. The van der Waals surface area contributed by atoms with E-state index in [0.717, 1.165) is 30.3 Å². The monoisotopic (exact) mass is 229 g/mol. The number of halogens is 1. The molecule has 0 unspecified atom stereocenters. The van der Waals surface area contributed by atoms with Crippen LogP contribution in [-0.2, 0) is 6.54 Å². The molecule has 1 rings (SSSR count). The van der Waals surface area contributed by atoms with Crippen LogP contribution in [-0.4, -0.2) is 24.2 Å². The molecule has 0 saturated heterocycles. The molecule has 0 atom stereocenters. The molecule has 14 heavy (non-hydrogen) atoms. The fraction of sp³-hybridized carbons (Fsp3) is 0.455. The lowest BCUT2D eigenvalue weighted by Crippen LogP contribution is -2.19. The molecule has 0 aliphatic rings. The molecule has 0 aliphatic heterocycles. The highest BCUT2D eigenvalue weighted by molar-refractivity contribution is 7.80. The van der Waals surface area contributed by atoms with Crippen LogP contribution < -0.4 is 0 Å². The smallest absolute Gasteiger partial charge is 0.0409 e. The molecular formula is C11H16ClNS. The topological polar surface area (TPSA) is 3.24 Å². The quantitative estimate of drug-likeness (QED) is 0.760. The lowest BCUT2D eigenvalue weighted by Gasteiger charge is -2.15. The first kappa shape index (κ1) is 11.9. The molecule has 0 aliphatic carbocycles. The summed E-state index contributed by atoms with van der Waals surface area (Å²) < 4.78 is 0. The molecule has 1 nitrogen and oxygen atoms in total. The largest absolute Gasteiger partial charge is 0.302 e. The predicted octanol–water partition coefficient (Wildman–Crippen LogP) is 3.09. The summed E-state index contributed by atoms with van der Waals surface area (Å²) in [7, 11) is 2.12. The van der Waals surface area contributed by atoms with Gasteiger partial charge in [-0.2, -0.15) is 12.6 Å². The van der Waals surface area contributed by atoms with Crippen molar-refractivity contribution in [1.82, 2.24) is 4.90 Å². The maximum Gasteiger partial charge on any atom is 0.0409 e. The van der Waals surface area contributed by atoms with Crippen LogP contribution in [0.25, 0.3) is 0 Å². The highest BCUT2D eigenvalue weighted by Crippen LogP contribution is 2.12. The van der Waals surface area contributed by atoms with E-state index in [4.69, 9.17) is 11.6 Å². The zero-order valence-electron chi connectivity index (χ0n) is 8.41. The van der Waals surface area contributed by atoms with Gasteiger partial charge in [-0.25, -0.2) is 0 Å². The molecule has 78 valence electrons. The summed E-state index contributed by atoms with van der Waals surface area (Å²) in [5.74, 6) is 0.944. The van der Waals surface area contributed by atoms with Crippen molar-refractivity contribution in [2.24, 2.45) is 0 Å². The number of nitrogens with zero attached hydrogens (tertiary/aromatic N) is 1. The summed E-state index contributed by atoms with van der Waals surface area (Å²) in [6, 6.07) is 8.00. The van der Waals surface area contributed by atoms with E-state index in [9.17, 15) is 0 Å². The zero-order valence-corrected chi connectivity index (χ0v) is 10.1. The molecule has 0 radical (unpaired) electrons. The third kappa shape index (κ3) is 4.36. The van der Waals surface area contributed by atoms with Crippen molar-refractivity contribution in [3.63, 3.8) is 0 Å². The summed E-state index contributed by atoms with van der Waals surface area (Å²) in [5, 5.41) is 0.810. The van der Waals surface area contributed by atoms with Crippen molar-refractivity contribution >= 4 is 24.2 Å². The minimum atomic E-state index is 0.810. The van der Waals surface area contributed by atoms with Crippen molar-refractivity contribution < 1.29 is 0 Å². The molecule has 0 amide bonds. The van der Waals surface area contributed by atoms with Gasteiger partial charge in [-0.05, 0) is 43.5 Å². The van der Waals surface area contributed by atoms with Crippen LogP contribution in [0.3, 0.4) is 0 Å². The van der Waals surface area contributed by atoms with Gasteiger partial charge in [-0.1, -0.05) is 23.7 Å². The first-order valence-electron chi connectivity index (χ1n) is 4.76. The van der Waals surface area contributed by atoms with Gasteiger partial charge in [0.25, 0.3) is 0 Å². The van der Waals surface area contributed by atoms with Gasteiger partial charge in [0, 0.05) is 11.6 Å². The Morgan fingerprint density at radius 1 is 1.43 bits per heavy atom. The Bertz CT molecular complexity index is 278. The van der Waals surface area contributed by atoms with E-state index in [1.807, 2.05) is 18.2 Å². The Morgan fingerprint density at radius 2 is 2.21 bits per heavy atom. The number of hydrogen-bond acceptors (Lipinski definition) is 2. The molecule has 1 aromatic rings. The third-order valence-corrected chi connectivity index (χ3v) is 2.59. The number of benzene rings is 1. The SMILES string of the molecule is CN(CCCS)Cc1cccc(Cl)c1. The van der Waals surface area contributed by atoms with Gasteiger partial charge in [-0.3, -0.25) is 0 Å². The summed E-state index contributed by atoms with van der Waals surface area (Å²) in [6.45, 7) is 2.03. The van der Waals surface area contributed by atoms with Gasteiger partial charge in [0.1, 0.15) is 0 Å². The second-order valence-corrected chi connectivity index (χ2v) is 4.33. The Labute approximate surface area is 96.5 Å². The van der Waals surface area contributed by atoms with Crippen LogP contribution in [0, 0.1) is 0 Å². The summed E-state index contributed by atoms with van der Waals surface area (Å²) in [6.07, 6.45) is 1.13. The van der Waals surface area contributed by atoms with E-state index >= 15 is 0 Å². The van der Waals surface area contributed by atoms with Crippen LogP contribution >= 0.6 is 24.2 Å². The van der Waals surface area contributed by atoms with Crippen LogP contribution in [0.2, 0.25) is 5.02 Å². The van der Waals surface area contributed by atoms with E-state index in [2.05, 4.69) is 30.6 Å². The molecule has 1 aromatic carbocycles. The van der Waals surface area contributed by atoms with Gasteiger partial charge >= 0.3 is 0 Å². The van der Waals surface area contributed by atoms with Crippen molar-refractivity contribution in [3.05, 3.63) is 34.9 Å². The van der Waals surface area contributed by atoms with Crippen LogP contribution in [0.4, 0.5) is 0 Å². The molecule has 0 N–H and O–H groups in total. The summed E-state index contributed by atoms with van der Waals surface area (Å²) >= 11 is 10.1. The van der Waals surface area contributed by atoms with Crippen LogP contribution in [0.15, 0.2) is 24.3 Å². The van der Waals surface area contributed by atoms with Crippen molar-refractivity contribution in [3.8, 4) is 0 Å². The van der Waals surface area contributed by atoms with Gasteiger partial charge in [0.2, 0.25) is 0 Å². The highest BCUT2D eigenvalue weighted by atomic mass is 35.5. The average molecular weight is 230 g/mol. The maximum absolute atomic E-state index is 5.90. The second kappa shape index (κ2) is 6.33. The average Bonchev–Trinajstić information content (AvgIpc) is 2.15. The normalized spacial score (nSPS) is 10.9. The van der Waals surface area contributed by atoms with E-state index < -0.39 is 0 Å². The fourth-order valence-electron chi connectivity index (χ4n) is 1.37. The van der Waals surface area contributed by atoms with Gasteiger partial charge in [0.15, 0.2) is 0 Å². The first-order valence-corrected chi connectivity index (χ1v) is 5.77.